The third-order valence-corrected chi connectivity index (χ3v) is 4.67. The molecule has 2 aliphatic rings. The maximum atomic E-state index is 12.6. The van der Waals surface area contributed by atoms with Crippen LogP contribution < -0.4 is 4.74 Å². The Morgan fingerprint density at radius 2 is 2.22 bits per heavy atom. The van der Waals surface area contributed by atoms with Gasteiger partial charge in [-0.15, -0.1) is 0 Å². The molecule has 3 nitrogen and oxygen atoms in total. The van der Waals surface area contributed by atoms with Crippen LogP contribution in [0, 0.1) is 0 Å². The minimum atomic E-state index is -0.320. The van der Waals surface area contributed by atoms with Crippen LogP contribution >= 0.6 is 0 Å². The van der Waals surface area contributed by atoms with Crippen molar-refractivity contribution in [1.82, 2.24) is 4.90 Å². The van der Waals surface area contributed by atoms with E-state index in [1.165, 1.54) is 11.1 Å². The third kappa shape index (κ3) is 1.43. The average molecular weight is 245 g/mol. The van der Waals surface area contributed by atoms with Gasteiger partial charge in [0.05, 0.1) is 18.6 Å². The molecule has 3 heteroatoms. The summed E-state index contributed by atoms with van der Waals surface area (Å²) in [6, 6.07) is 6.22. The Hall–Kier alpha value is -1.35. The van der Waals surface area contributed by atoms with Gasteiger partial charge in [0.15, 0.2) is 5.78 Å². The number of likely N-dealkylation sites (tertiary alicyclic amines) is 1. The van der Waals surface area contributed by atoms with Crippen molar-refractivity contribution in [3.05, 3.63) is 29.3 Å². The van der Waals surface area contributed by atoms with Crippen molar-refractivity contribution in [3.8, 4) is 5.75 Å². The van der Waals surface area contributed by atoms with Crippen LogP contribution in [0.2, 0.25) is 0 Å². The number of fused-ring (bicyclic) bond motifs is 4. The van der Waals surface area contributed by atoms with Crippen molar-refractivity contribution >= 4 is 5.78 Å². The number of likely N-dealkylation sites (N-methyl/N-ethyl adjacent to an activating group) is 1. The Morgan fingerprint density at radius 3 is 2.94 bits per heavy atom. The summed E-state index contributed by atoms with van der Waals surface area (Å²) in [5, 5.41) is 0. The van der Waals surface area contributed by atoms with Gasteiger partial charge in [-0.2, -0.15) is 0 Å². The van der Waals surface area contributed by atoms with Crippen LogP contribution in [0.25, 0.3) is 0 Å². The lowest BCUT2D eigenvalue weighted by atomic mass is 9.64. The molecule has 0 radical (unpaired) electrons. The molecule has 1 heterocycles. The molecular formula is C15H19NO2. The maximum absolute atomic E-state index is 12.6. The van der Waals surface area contributed by atoms with Gasteiger partial charge in [0.25, 0.3) is 0 Å². The fraction of sp³-hybridized carbons (Fsp3) is 0.533. The molecule has 0 aromatic heterocycles. The monoisotopic (exact) mass is 245 g/mol. The number of carbonyl (C=O) groups excluding carboxylic acids is 1. The van der Waals surface area contributed by atoms with E-state index in [2.05, 4.69) is 31.0 Å². The smallest absolute Gasteiger partial charge is 0.160 e. The average Bonchev–Trinajstić information content (AvgIpc) is 2.38. The molecule has 96 valence electrons. The second kappa shape index (κ2) is 3.82. The summed E-state index contributed by atoms with van der Waals surface area (Å²) in [6.45, 7) is 3.08. The lowest BCUT2D eigenvalue weighted by Crippen LogP contribution is -2.58. The van der Waals surface area contributed by atoms with Crippen LogP contribution in [-0.2, 0) is 16.6 Å². The standard InChI is InChI=1S/C15H19NO2/c1-15-6-7-16(2)13(14(15)17)8-10-4-5-11(18-3)9-12(10)15/h4-5,9,13H,6-8H2,1-3H3/t13?,15-/m1/s1. The number of hydrogen-bond donors (Lipinski definition) is 0. The van der Waals surface area contributed by atoms with Gasteiger partial charge in [-0.25, -0.2) is 0 Å². The second-order valence-electron chi connectivity index (χ2n) is 5.67. The van der Waals surface area contributed by atoms with Gasteiger partial charge in [-0.1, -0.05) is 6.07 Å². The molecule has 0 saturated carbocycles. The Morgan fingerprint density at radius 1 is 1.44 bits per heavy atom. The highest BCUT2D eigenvalue weighted by molar-refractivity contribution is 5.97. The lowest BCUT2D eigenvalue weighted by Gasteiger charge is -2.47. The predicted molar refractivity (Wildman–Crippen MR) is 70.1 cm³/mol. The van der Waals surface area contributed by atoms with Gasteiger partial charge in [-0.05, 0) is 56.6 Å². The van der Waals surface area contributed by atoms with E-state index in [9.17, 15) is 4.79 Å². The van der Waals surface area contributed by atoms with Crippen LogP contribution in [0.5, 0.6) is 5.75 Å². The molecule has 1 aliphatic heterocycles. The first-order valence-corrected chi connectivity index (χ1v) is 6.48. The minimum Gasteiger partial charge on any atom is -0.497 e. The summed E-state index contributed by atoms with van der Waals surface area (Å²) in [4.78, 5) is 14.8. The van der Waals surface area contributed by atoms with Gasteiger partial charge >= 0.3 is 0 Å². The van der Waals surface area contributed by atoms with E-state index in [1.807, 2.05) is 6.07 Å². The number of ether oxygens (including phenoxy) is 1. The molecule has 0 spiro atoms. The number of rotatable bonds is 1. The molecule has 2 bridgehead atoms. The first kappa shape index (κ1) is 11.7. The molecule has 2 atom stereocenters. The highest BCUT2D eigenvalue weighted by Gasteiger charge is 2.49. The zero-order chi connectivity index (χ0) is 12.9. The van der Waals surface area contributed by atoms with Gasteiger partial charge in [0.1, 0.15) is 5.75 Å². The number of Topliss-reactive ketones (excluding diaryl/α,β-unsaturated/α-hetero) is 1. The van der Waals surface area contributed by atoms with E-state index in [-0.39, 0.29) is 11.5 Å². The zero-order valence-corrected chi connectivity index (χ0v) is 11.2. The summed E-state index contributed by atoms with van der Waals surface area (Å²) >= 11 is 0. The van der Waals surface area contributed by atoms with Crippen LogP contribution in [0.1, 0.15) is 24.5 Å². The van der Waals surface area contributed by atoms with Crippen LogP contribution in [0.15, 0.2) is 18.2 Å². The topological polar surface area (TPSA) is 29.5 Å². The van der Waals surface area contributed by atoms with Gasteiger partial charge in [0.2, 0.25) is 0 Å². The highest BCUT2D eigenvalue weighted by atomic mass is 16.5. The summed E-state index contributed by atoms with van der Waals surface area (Å²) in [7, 11) is 3.73. The summed E-state index contributed by atoms with van der Waals surface area (Å²) in [5.74, 6) is 1.22. The third-order valence-electron chi connectivity index (χ3n) is 4.67. The molecule has 1 aromatic rings. The lowest BCUT2D eigenvalue weighted by molar-refractivity contribution is -0.133. The van der Waals surface area contributed by atoms with E-state index in [4.69, 9.17) is 4.74 Å². The molecule has 0 amide bonds. The summed E-state index contributed by atoms with van der Waals surface area (Å²) < 4.78 is 5.30. The predicted octanol–water partition coefficient (Wildman–Crippen LogP) is 1.78. The zero-order valence-electron chi connectivity index (χ0n) is 11.2. The van der Waals surface area contributed by atoms with Crippen molar-refractivity contribution in [1.29, 1.82) is 0 Å². The fourth-order valence-electron chi connectivity index (χ4n) is 3.35. The summed E-state index contributed by atoms with van der Waals surface area (Å²) in [5.41, 5.74) is 2.16. The Bertz CT molecular complexity index is 511. The number of nitrogens with zero attached hydrogens (tertiary/aromatic N) is 1. The number of benzene rings is 1. The largest absolute Gasteiger partial charge is 0.497 e. The maximum Gasteiger partial charge on any atom is 0.160 e. The first-order chi connectivity index (χ1) is 8.56. The molecule has 1 unspecified atom stereocenters. The molecule has 1 saturated heterocycles. The van der Waals surface area contributed by atoms with Gasteiger partial charge in [-0.3, -0.25) is 9.69 Å². The Balaban J connectivity index is 2.16. The molecule has 0 N–H and O–H groups in total. The van der Waals surface area contributed by atoms with Crippen LogP contribution in [0.3, 0.4) is 0 Å². The molecule has 1 aromatic carbocycles. The number of piperidine rings is 1. The van der Waals surface area contributed by atoms with Crippen molar-refractivity contribution in [2.24, 2.45) is 0 Å². The van der Waals surface area contributed by atoms with Crippen molar-refractivity contribution in [2.75, 3.05) is 20.7 Å². The number of ketones is 1. The highest BCUT2D eigenvalue weighted by Crippen LogP contribution is 2.42. The molecule has 1 fully saturated rings. The minimum absolute atomic E-state index is 0.0599. The number of hydrogen-bond acceptors (Lipinski definition) is 3. The van der Waals surface area contributed by atoms with Crippen molar-refractivity contribution < 1.29 is 9.53 Å². The Kier molecular flexibility index (Phi) is 2.49. The normalized spacial score (nSPS) is 31.1. The van der Waals surface area contributed by atoms with Crippen LogP contribution in [-0.4, -0.2) is 37.4 Å². The first-order valence-electron chi connectivity index (χ1n) is 6.48. The number of carbonyl (C=O) groups is 1. The van der Waals surface area contributed by atoms with E-state index < -0.39 is 0 Å². The van der Waals surface area contributed by atoms with Crippen molar-refractivity contribution in [2.45, 2.75) is 31.2 Å². The van der Waals surface area contributed by atoms with Crippen LogP contribution in [0.4, 0.5) is 0 Å². The summed E-state index contributed by atoms with van der Waals surface area (Å²) in [6.07, 6.45) is 1.74. The molecular weight excluding hydrogens is 226 g/mol. The quantitative estimate of drug-likeness (QED) is 0.755. The van der Waals surface area contributed by atoms with E-state index in [0.29, 0.717) is 5.78 Å². The molecule has 18 heavy (non-hydrogen) atoms. The fourth-order valence-corrected chi connectivity index (χ4v) is 3.35. The van der Waals surface area contributed by atoms with Crippen molar-refractivity contribution in [3.63, 3.8) is 0 Å². The van der Waals surface area contributed by atoms with E-state index in [1.54, 1.807) is 7.11 Å². The molecule has 1 aliphatic carbocycles. The van der Waals surface area contributed by atoms with Gasteiger partial charge < -0.3 is 4.74 Å². The SMILES string of the molecule is COc1ccc2c(c1)[C@@]1(C)CCN(C)C(C2)C1=O. The van der Waals surface area contributed by atoms with E-state index in [0.717, 1.165) is 25.1 Å². The Labute approximate surface area is 108 Å². The van der Waals surface area contributed by atoms with Gasteiger partial charge in [0, 0.05) is 0 Å². The second-order valence-corrected chi connectivity index (χ2v) is 5.67. The molecule has 3 rings (SSSR count). The number of methoxy groups -OCH3 is 1. The van der Waals surface area contributed by atoms with E-state index >= 15 is 0 Å².